The van der Waals surface area contributed by atoms with Crippen molar-refractivity contribution < 1.29 is 28.6 Å². The van der Waals surface area contributed by atoms with Gasteiger partial charge in [0.15, 0.2) is 6.10 Å². The van der Waals surface area contributed by atoms with Gasteiger partial charge in [-0.05, 0) is 154 Å². The molecule has 0 aromatic heterocycles. The molecule has 0 saturated heterocycles. The fourth-order valence-electron chi connectivity index (χ4n) is 8.91. The Morgan fingerprint density at radius 2 is 0.470 bits per heavy atom. The van der Waals surface area contributed by atoms with Gasteiger partial charge in [0.25, 0.3) is 0 Å². The van der Waals surface area contributed by atoms with E-state index in [1.165, 1.54) is 96.3 Å². The smallest absolute Gasteiger partial charge is 0.306 e. The van der Waals surface area contributed by atoms with Crippen molar-refractivity contribution in [3.8, 4) is 0 Å². The Morgan fingerprint density at radius 3 is 0.783 bits per heavy atom. The molecule has 0 spiro atoms. The molecule has 0 aromatic rings. The van der Waals surface area contributed by atoms with Crippen molar-refractivity contribution in [1.82, 2.24) is 0 Å². The second-order valence-corrected chi connectivity index (χ2v) is 22.0. The minimum atomic E-state index is -0.816. The van der Waals surface area contributed by atoms with Crippen LogP contribution in [0.2, 0.25) is 0 Å². The van der Waals surface area contributed by atoms with Crippen LogP contribution in [0.4, 0.5) is 0 Å². The van der Waals surface area contributed by atoms with E-state index in [-0.39, 0.29) is 31.1 Å². The molecule has 0 bridgehead atoms. The maximum atomic E-state index is 12.9. The largest absolute Gasteiger partial charge is 0.462 e. The van der Waals surface area contributed by atoms with E-state index < -0.39 is 6.10 Å². The van der Waals surface area contributed by atoms with Crippen LogP contribution in [0.3, 0.4) is 0 Å². The molecule has 6 heteroatoms. The van der Waals surface area contributed by atoms with Gasteiger partial charge in [0, 0.05) is 19.3 Å². The maximum Gasteiger partial charge on any atom is 0.306 e. The summed E-state index contributed by atoms with van der Waals surface area (Å²) in [4.78, 5) is 38.4. The van der Waals surface area contributed by atoms with Gasteiger partial charge in [-0.2, -0.15) is 0 Å². The lowest BCUT2D eigenvalue weighted by Gasteiger charge is -2.18. The van der Waals surface area contributed by atoms with E-state index in [0.29, 0.717) is 25.7 Å². The number of hydrogen-bond acceptors (Lipinski definition) is 6. The highest BCUT2D eigenvalue weighted by Gasteiger charge is 2.19. The van der Waals surface area contributed by atoms with Crippen molar-refractivity contribution in [2.45, 2.75) is 297 Å². The molecule has 0 N–H and O–H groups in total. The van der Waals surface area contributed by atoms with Crippen LogP contribution in [0.25, 0.3) is 0 Å². The first-order chi connectivity index (χ1) is 41.0. The van der Waals surface area contributed by atoms with Gasteiger partial charge >= 0.3 is 17.9 Å². The number of unbranched alkanes of at least 4 members (excludes halogenated alkanes) is 23. The summed E-state index contributed by atoms with van der Waals surface area (Å²) in [5.41, 5.74) is 0. The number of carbonyl (C=O) groups excluding carboxylic acids is 3. The van der Waals surface area contributed by atoms with Crippen molar-refractivity contribution in [2.75, 3.05) is 13.2 Å². The summed E-state index contributed by atoms with van der Waals surface area (Å²) in [5.74, 6) is -0.973. The summed E-state index contributed by atoms with van der Waals surface area (Å²) < 4.78 is 16.9. The molecule has 0 aromatic carbocycles. The fraction of sp³-hybridized carbons (Fsp3) is 0.623. The van der Waals surface area contributed by atoms with E-state index in [9.17, 15) is 14.4 Å². The molecule has 1 atom stereocenters. The molecule has 0 aliphatic carbocycles. The molecule has 0 radical (unpaired) electrons. The quantitative estimate of drug-likeness (QED) is 0.0261. The molecule has 0 fully saturated rings. The zero-order chi connectivity index (χ0) is 59.9. The topological polar surface area (TPSA) is 78.9 Å². The van der Waals surface area contributed by atoms with Crippen LogP contribution >= 0.6 is 0 Å². The van der Waals surface area contributed by atoms with Crippen molar-refractivity contribution >= 4 is 17.9 Å². The van der Waals surface area contributed by atoms with E-state index >= 15 is 0 Å². The Hall–Kier alpha value is -4.97. The molecule has 0 aliphatic rings. The predicted molar refractivity (Wildman–Crippen MR) is 362 cm³/mol. The van der Waals surface area contributed by atoms with Gasteiger partial charge < -0.3 is 14.2 Å². The Morgan fingerprint density at radius 1 is 0.253 bits per heavy atom. The van der Waals surface area contributed by atoms with Crippen LogP contribution in [-0.2, 0) is 28.6 Å². The van der Waals surface area contributed by atoms with Gasteiger partial charge in [-0.25, -0.2) is 0 Å². The van der Waals surface area contributed by atoms with Crippen LogP contribution in [0, 0.1) is 0 Å². The van der Waals surface area contributed by atoms with Crippen molar-refractivity contribution in [3.63, 3.8) is 0 Å². The third-order valence-electron chi connectivity index (χ3n) is 14.0. The zero-order valence-electron chi connectivity index (χ0n) is 53.7. The van der Waals surface area contributed by atoms with Crippen LogP contribution < -0.4 is 0 Å². The molecule has 0 saturated carbocycles. The molecule has 1 unspecified atom stereocenters. The molecule has 0 amide bonds. The highest BCUT2D eigenvalue weighted by atomic mass is 16.6. The van der Waals surface area contributed by atoms with Crippen LogP contribution in [-0.4, -0.2) is 37.2 Å². The lowest BCUT2D eigenvalue weighted by atomic mass is 10.1. The summed E-state index contributed by atoms with van der Waals surface area (Å²) in [6.45, 7) is 6.44. The maximum absolute atomic E-state index is 12.9. The minimum Gasteiger partial charge on any atom is -0.462 e. The van der Waals surface area contributed by atoms with Crippen LogP contribution in [0.1, 0.15) is 290 Å². The highest BCUT2D eigenvalue weighted by molar-refractivity contribution is 5.71. The molecule has 83 heavy (non-hydrogen) atoms. The number of hydrogen-bond donors (Lipinski definition) is 0. The molecular weight excluding hydrogens is 1020 g/mol. The Bertz CT molecular complexity index is 1840. The van der Waals surface area contributed by atoms with Crippen molar-refractivity contribution in [2.24, 2.45) is 0 Å². The van der Waals surface area contributed by atoms with Gasteiger partial charge in [-0.1, -0.05) is 275 Å². The summed E-state index contributed by atoms with van der Waals surface area (Å²) in [7, 11) is 0. The van der Waals surface area contributed by atoms with E-state index in [0.717, 1.165) is 148 Å². The Labute approximate surface area is 511 Å². The highest BCUT2D eigenvalue weighted by Crippen LogP contribution is 2.14. The number of rotatable bonds is 60. The van der Waals surface area contributed by atoms with Crippen molar-refractivity contribution in [1.29, 1.82) is 0 Å². The second-order valence-electron chi connectivity index (χ2n) is 22.0. The predicted octanol–water partition coefficient (Wildman–Crippen LogP) is 23.7. The average molecular weight is 1150 g/mol. The third-order valence-corrected chi connectivity index (χ3v) is 14.0. The molecular formula is C77H124O6. The van der Waals surface area contributed by atoms with Crippen molar-refractivity contribution in [3.05, 3.63) is 158 Å². The standard InChI is InChI=1S/C77H124O6/c1-4-7-10-13-16-19-22-25-28-30-32-34-36-37-38-39-41-42-44-46-49-52-55-58-61-64-67-70-76(79)82-73-74(72-81-75(78)69-66-63-60-57-54-51-48-27-24-21-18-15-12-9-6-3)83-77(80)71-68-65-62-59-56-53-50-47-45-43-40-35-33-31-29-26-23-20-17-14-11-8-5-2/h7,10,16,18-19,21,23,25-28,31-34,37-38,40-43,46,48-49,55,58,74H,4-6,8-9,11-15,17,20,22,24,29-30,35-36,39,44-45,47,50-54,56-57,59-73H2,1-3H3/b10-7-,19-16-,21-18-,26-23-,28-25-,33-31-,34-32-,38-37-,42-41-,43-40-,48-27-,49-46-,58-55-. The SMILES string of the molecule is CC/C=C\C/C=C\C/C=C\C/C=C\C/C=C\C/C=C\C/C=C\C/C=C\CCCCC(=O)OCC(COC(=O)CCCCCCC/C=C\C/C=C\CCCCC)OC(=O)CCCCCCCCCC/C=C\C/C=C\C/C=C\CCCCCCC. The molecule has 6 nitrogen and oxygen atoms in total. The van der Waals surface area contributed by atoms with Gasteiger partial charge in [-0.15, -0.1) is 0 Å². The molecule has 0 heterocycles. The minimum absolute atomic E-state index is 0.108. The number of allylic oxidation sites excluding steroid dienone is 26. The summed E-state index contributed by atoms with van der Waals surface area (Å²) in [6.07, 6.45) is 101. The fourth-order valence-corrected chi connectivity index (χ4v) is 8.91. The normalized spacial score (nSPS) is 13.1. The molecule has 0 rings (SSSR count). The van der Waals surface area contributed by atoms with Crippen LogP contribution in [0.5, 0.6) is 0 Å². The summed E-state index contributed by atoms with van der Waals surface area (Å²) >= 11 is 0. The monoisotopic (exact) mass is 1140 g/mol. The summed E-state index contributed by atoms with van der Waals surface area (Å²) in [6, 6.07) is 0. The van der Waals surface area contributed by atoms with E-state index in [1.807, 2.05) is 0 Å². The van der Waals surface area contributed by atoms with E-state index in [1.54, 1.807) is 0 Å². The summed E-state index contributed by atoms with van der Waals surface area (Å²) in [5, 5.41) is 0. The average Bonchev–Trinajstić information content (AvgIpc) is 3.49. The molecule has 0 aliphatic heterocycles. The van der Waals surface area contributed by atoms with Gasteiger partial charge in [0.2, 0.25) is 0 Å². The first kappa shape index (κ1) is 78.0. The number of esters is 3. The lowest BCUT2D eigenvalue weighted by Crippen LogP contribution is -2.30. The van der Waals surface area contributed by atoms with Crippen LogP contribution in [0.15, 0.2) is 158 Å². The second kappa shape index (κ2) is 69.5. The Balaban J connectivity index is 4.50. The van der Waals surface area contributed by atoms with Gasteiger partial charge in [-0.3, -0.25) is 14.4 Å². The Kier molecular flexibility index (Phi) is 65.4. The first-order valence-electron chi connectivity index (χ1n) is 34.0. The van der Waals surface area contributed by atoms with Gasteiger partial charge in [0.05, 0.1) is 0 Å². The lowest BCUT2D eigenvalue weighted by molar-refractivity contribution is -0.167. The van der Waals surface area contributed by atoms with E-state index in [2.05, 4.69) is 179 Å². The van der Waals surface area contributed by atoms with E-state index in [4.69, 9.17) is 14.2 Å². The molecule has 468 valence electrons. The third kappa shape index (κ3) is 67.7. The zero-order valence-corrected chi connectivity index (χ0v) is 53.7. The first-order valence-corrected chi connectivity index (χ1v) is 34.0. The number of ether oxygens (including phenoxy) is 3. The number of carbonyl (C=O) groups is 3. The van der Waals surface area contributed by atoms with Gasteiger partial charge in [0.1, 0.15) is 13.2 Å².